The molecule has 3 rings (SSSR count). The number of nitrogens with zero attached hydrogens (tertiary/aromatic N) is 2. The van der Waals surface area contributed by atoms with Gasteiger partial charge < -0.3 is 9.84 Å². The number of rotatable bonds is 7. The van der Waals surface area contributed by atoms with Gasteiger partial charge in [-0.05, 0) is 31.4 Å². The van der Waals surface area contributed by atoms with E-state index in [4.69, 9.17) is 16.1 Å². The van der Waals surface area contributed by atoms with Crippen LogP contribution in [0, 0.1) is 6.92 Å². The molecule has 134 valence electrons. The minimum Gasteiger partial charge on any atom is -0.360 e. The number of carbonyl (C=O) groups is 1. The van der Waals surface area contributed by atoms with Gasteiger partial charge in [-0.3, -0.25) is 9.69 Å². The van der Waals surface area contributed by atoms with E-state index < -0.39 is 0 Å². The number of aromatic nitrogens is 1. The Morgan fingerprint density at radius 2 is 2.12 bits per heavy atom. The van der Waals surface area contributed by atoms with Crippen LogP contribution in [0.2, 0.25) is 5.02 Å². The third kappa shape index (κ3) is 5.06. The van der Waals surface area contributed by atoms with Crippen molar-refractivity contribution in [1.29, 1.82) is 0 Å². The molecular weight excluding hydrogens is 338 g/mol. The third-order valence-electron chi connectivity index (χ3n) is 4.69. The van der Waals surface area contributed by atoms with E-state index in [0.29, 0.717) is 30.6 Å². The number of hydrogen-bond donors (Lipinski definition) is 1. The predicted molar refractivity (Wildman–Crippen MR) is 98.6 cm³/mol. The molecule has 1 saturated carbocycles. The zero-order valence-electron chi connectivity index (χ0n) is 14.5. The Morgan fingerprint density at radius 3 is 2.80 bits per heavy atom. The summed E-state index contributed by atoms with van der Waals surface area (Å²) < 4.78 is 4.97. The molecule has 1 aliphatic rings. The minimum absolute atomic E-state index is 0.0459. The number of halogens is 1. The highest BCUT2D eigenvalue weighted by atomic mass is 35.5. The Labute approximate surface area is 153 Å². The van der Waals surface area contributed by atoms with Crippen molar-refractivity contribution < 1.29 is 9.32 Å². The number of nitrogens with one attached hydrogen (secondary N) is 1. The van der Waals surface area contributed by atoms with Gasteiger partial charge in [0.1, 0.15) is 5.76 Å². The molecule has 0 atom stereocenters. The van der Waals surface area contributed by atoms with Crippen LogP contribution >= 0.6 is 11.6 Å². The van der Waals surface area contributed by atoms with Crippen molar-refractivity contribution in [3.63, 3.8) is 0 Å². The summed E-state index contributed by atoms with van der Waals surface area (Å²) in [7, 11) is 0. The van der Waals surface area contributed by atoms with Crippen molar-refractivity contribution in [2.45, 2.75) is 51.6 Å². The molecular formula is C19H24ClN3O2. The van der Waals surface area contributed by atoms with Gasteiger partial charge in [-0.25, -0.2) is 0 Å². The number of aryl methyl sites for hydroxylation is 1. The van der Waals surface area contributed by atoms with Crippen molar-refractivity contribution in [1.82, 2.24) is 10.1 Å². The average Bonchev–Trinajstić information content (AvgIpc) is 3.25. The normalized spacial score (nSPS) is 15.0. The van der Waals surface area contributed by atoms with Crippen LogP contribution in [-0.4, -0.2) is 28.6 Å². The second kappa shape index (κ2) is 8.50. The first-order valence-electron chi connectivity index (χ1n) is 8.82. The first kappa shape index (κ1) is 18.0. The monoisotopic (exact) mass is 361 g/mol. The van der Waals surface area contributed by atoms with Crippen molar-refractivity contribution in [3.8, 4) is 0 Å². The van der Waals surface area contributed by atoms with E-state index >= 15 is 0 Å². The van der Waals surface area contributed by atoms with Gasteiger partial charge in [0.05, 0.1) is 0 Å². The van der Waals surface area contributed by atoms with Gasteiger partial charge in [0.15, 0.2) is 5.82 Å². The summed E-state index contributed by atoms with van der Waals surface area (Å²) in [5, 5.41) is 7.37. The Bertz CT molecular complexity index is 710. The van der Waals surface area contributed by atoms with Crippen molar-refractivity contribution in [3.05, 3.63) is 46.7 Å². The molecule has 0 radical (unpaired) electrons. The lowest BCUT2D eigenvalue weighted by Gasteiger charge is -2.29. The van der Waals surface area contributed by atoms with Crippen LogP contribution in [0.1, 0.15) is 43.4 Å². The predicted octanol–water partition coefficient (Wildman–Crippen LogP) is 4.41. The zero-order valence-corrected chi connectivity index (χ0v) is 15.3. The van der Waals surface area contributed by atoms with Gasteiger partial charge in [0.25, 0.3) is 0 Å². The zero-order chi connectivity index (χ0) is 17.6. The van der Waals surface area contributed by atoms with Gasteiger partial charge in [-0.15, -0.1) is 0 Å². The summed E-state index contributed by atoms with van der Waals surface area (Å²) in [4.78, 5) is 14.6. The molecule has 1 N–H and O–H groups in total. The Balaban J connectivity index is 1.59. The number of carbonyl (C=O) groups excluding carboxylic acids is 1. The summed E-state index contributed by atoms with van der Waals surface area (Å²) in [5.74, 6) is 1.11. The number of anilines is 1. The highest BCUT2D eigenvalue weighted by Crippen LogP contribution is 2.27. The topological polar surface area (TPSA) is 58.4 Å². The number of hydrogen-bond acceptors (Lipinski definition) is 4. The summed E-state index contributed by atoms with van der Waals surface area (Å²) in [6.07, 6.45) is 5.32. The molecule has 1 aromatic carbocycles. The molecule has 2 aromatic rings. The van der Waals surface area contributed by atoms with E-state index in [1.165, 1.54) is 25.7 Å². The lowest BCUT2D eigenvalue weighted by Crippen LogP contribution is -2.35. The van der Waals surface area contributed by atoms with Gasteiger partial charge in [-0.1, -0.05) is 47.8 Å². The van der Waals surface area contributed by atoms with Crippen LogP contribution < -0.4 is 5.32 Å². The molecule has 0 unspecified atom stereocenters. The average molecular weight is 362 g/mol. The maximum Gasteiger partial charge on any atom is 0.226 e. The van der Waals surface area contributed by atoms with E-state index in [2.05, 4.69) is 21.4 Å². The summed E-state index contributed by atoms with van der Waals surface area (Å²) in [6, 6.07) is 10.2. The fourth-order valence-corrected chi connectivity index (χ4v) is 3.58. The highest BCUT2D eigenvalue weighted by molar-refractivity contribution is 6.31. The number of amides is 1. The van der Waals surface area contributed by atoms with Crippen LogP contribution in [-0.2, 0) is 11.3 Å². The molecule has 5 nitrogen and oxygen atoms in total. The minimum atomic E-state index is -0.0459. The van der Waals surface area contributed by atoms with E-state index in [1.807, 2.05) is 18.2 Å². The summed E-state index contributed by atoms with van der Waals surface area (Å²) in [5.41, 5.74) is 1.11. The van der Waals surface area contributed by atoms with Crippen LogP contribution in [0.5, 0.6) is 0 Å². The number of benzene rings is 1. The molecule has 0 aliphatic heterocycles. The second-order valence-corrected chi connectivity index (χ2v) is 7.03. The van der Waals surface area contributed by atoms with Crippen LogP contribution in [0.25, 0.3) is 0 Å². The Hall–Kier alpha value is -1.85. The quantitative estimate of drug-likeness (QED) is 0.793. The SMILES string of the molecule is Cc1cc(NC(=O)CCN(Cc2ccccc2Cl)C2CCCC2)no1. The van der Waals surface area contributed by atoms with Crippen LogP contribution in [0.15, 0.2) is 34.9 Å². The third-order valence-corrected chi connectivity index (χ3v) is 5.06. The first-order valence-corrected chi connectivity index (χ1v) is 9.20. The summed E-state index contributed by atoms with van der Waals surface area (Å²) >= 11 is 6.32. The van der Waals surface area contributed by atoms with Crippen molar-refractivity contribution in [2.75, 3.05) is 11.9 Å². The molecule has 6 heteroatoms. The summed E-state index contributed by atoms with van der Waals surface area (Å²) in [6.45, 7) is 3.29. The van der Waals surface area contributed by atoms with Gasteiger partial charge in [-0.2, -0.15) is 0 Å². The molecule has 1 aromatic heterocycles. The molecule has 0 saturated heterocycles. The van der Waals surface area contributed by atoms with Gasteiger partial charge in [0, 0.05) is 36.6 Å². The van der Waals surface area contributed by atoms with E-state index in [1.54, 1.807) is 13.0 Å². The molecule has 25 heavy (non-hydrogen) atoms. The van der Waals surface area contributed by atoms with Gasteiger partial charge >= 0.3 is 0 Å². The van der Waals surface area contributed by atoms with Crippen LogP contribution in [0.3, 0.4) is 0 Å². The Morgan fingerprint density at radius 1 is 1.36 bits per heavy atom. The second-order valence-electron chi connectivity index (χ2n) is 6.62. The smallest absolute Gasteiger partial charge is 0.226 e. The fraction of sp³-hybridized carbons (Fsp3) is 0.474. The molecule has 0 spiro atoms. The largest absolute Gasteiger partial charge is 0.360 e. The maximum absolute atomic E-state index is 12.2. The molecule has 1 fully saturated rings. The first-order chi connectivity index (χ1) is 12.1. The van der Waals surface area contributed by atoms with E-state index in [-0.39, 0.29) is 5.91 Å². The molecule has 0 bridgehead atoms. The van der Waals surface area contributed by atoms with Crippen molar-refractivity contribution in [2.24, 2.45) is 0 Å². The molecule has 1 aliphatic carbocycles. The standard InChI is InChI=1S/C19H24ClN3O2/c1-14-12-18(22-25-14)21-19(24)10-11-23(16-7-3-4-8-16)13-15-6-2-5-9-17(15)20/h2,5-6,9,12,16H,3-4,7-8,10-11,13H2,1H3,(H,21,22,24). The lowest BCUT2D eigenvalue weighted by molar-refractivity contribution is -0.116. The highest BCUT2D eigenvalue weighted by Gasteiger charge is 2.23. The lowest BCUT2D eigenvalue weighted by atomic mass is 10.1. The van der Waals surface area contributed by atoms with Crippen molar-refractivity contribution >= 4 is 23.3 Å². The van der Waals surface area contributed by atoms with E-state index in [9.17, 15) is 4.79 Å². The van der Waals surface area contributed by atoms with E-state index in [0.717, 1.165) is 17.1 Å². The fourth-order valence-electron chi connectivity index (χ4n) is 3.38. The van der Waals surface area contributed by atoms with Crippen LogP contribution in [0.4, 0.5) is 5.82 Å². The van der Waals surface area contributed by atoms with Gasteiger partial charge in [0.2, 0.25) is 5.91 Å². The Kier molecular flexibility index (Phi) is 6.10. The maximum atomic E-state index is 12.2. The molecule has 1 amide bonds. The molecule has 1 heterocycles.